The van der Waals surface area contributed by atoms with E-state index in [4.69, 9.17) is 0 Å². The van der Waals surface area contributed by atoms with Crippen LogP contribution >= 0.6 is 0 Å². The van der Waals surface area contributed by atoms with Crippen LogP contribution < -0.4 is 21.3 Å². The second-order valence-corrected chi connectivity index (χ2v) is 11.1. The van der Waals surface area contributed by atoms with Gasteiger partial charge in [-0.25, -0.2) is 0 Å². The maximum Gasteiger partial charge on any atom is 0.228 e. The Balaban J connectivity index is 1.07. The molecule has 0 aromatic heterocycles. The molecule has 0 heterocycles. The van der Waals surface area contributed by atoms with E-state index in [1.807, 2.05) is 60.7 Å². The quantitative estimate of drug-likeness (QED) is 0.171. The van der Waals surface area contributed by atoms with E-state index < -0.39 is 0 Å². The topological polar surface area (TPSA) is 116 Å². The van der Waals surface area contributed by atoms with Crippen molar-refractivity contribution in [1.29, 1.82) is 0 Å². The predicted octanol–water partition coefficient (Wildman–Crippen LogP) is 6.43. The lowest BCUT2D eigenvalue weighted by molar-refractivity contribution is -0.125. The molecule has 4 amide bonds. The molecular weight excluding hydrogens is 552 g/mol. The number of hydrogen-bond donors (Lipinski definition) is 4. The first-order valence-corrected chi connectivity index (χ1v) is 14.9. The van der Waals surface area contributed by atoms with Crippen molar-refractivity contribution in [2.24, 2.45) is 11.8 Å². The molecule has 44 heavy (non-hydrogen) atoms. The molecular formula is C36H36N4O4. The van der Waals surface area contributed by atoms with Gasteiger partial charge in [0, 0.05) is 34.6 Å². The maximum absolute atomic E-state index is 13.0. The molecule has 4 aromatic rings. The smallest absolute Gasteiger partial charge is 0.228 e. The highest BCUT2D eigenvalue weighted by Gasteiger charge is 2.30. The Bertz CT molecular complexity index is 1480. The highest BCUT2D eigenvalue weighted by molar-refractivity contribution is 5.97. The SMILES string of the molecule is O=C(Cc1ccccc1)Nc1cccc(NC(=O)C2CCC(C(=O)Nc3cccc(NC(=O)Cc4ccccc4)c3)CC2)c1. The lowest BCUT2D eigenvalue weighted by Crippen LogP contribution is -2.32. The van der Waals surface area contributed by atoms with E-state index in [-0.39, 0.29) is 48.3 Å². The van der Waals surface area contributed by atoms with Gasteiger partial charge in [0.2, 0.25) is 23.6 Å². The van der Waals surface area contributed by atoms with Crippen LogP contribution in [-0.4, -0.2) is 23.6 Å². The minimum atomic E-state index is -0.196. The van der Waals surface area contributed by atoms with E-state index in [2.05, 4.69) is 21.3 Å². The summed E-state index contributed by atoms with van der Waals surface area (Å²) in [6.45, 7) is 0. The molecule has 0 bridgehead atoms. The molecule has 1 fully saturated rings. The van der Waals surface area contributed by atoms with Crippen molar-refractivity contribution in [2.45, 2.75) is 38.5 Å². The van der Waals surface area contributed by atoms with Crippen molar-refractivity contribution in [3.8, 4) is 0 Å². The third kappa shape index (κ3) is 8.88. The molecule has 224 valence electrons. The fraction of sp³-hybridized carbons (Fsp3) is 0.222. The number of rotatable bonds is 10. The summed E-state index contributed by atoms with van der Waals surface area (Å²) < 4.78 is 0. The zero-order chi connectivity index (χ0) is 30.7. The van der Waals surface area contributed by atoms with Gasteiger partial charge in [-0.05, 0) is 73.2 Å². The molecule has 8 heteroatoms. The van der Waals surface area contributed by atoms with E-state index in [9.17, 15) is 19.2 Å². The van der Waals surface area contributed by atoms with Gasteiger partial charge in [-0.2, -0.15) is 0 Å². The molecule has 1 saturated carbocycles. The van der Waals surface area contributed by atoms with Crippen LogP contribution in [0.4, 0.5) is 22.7 Å². The van der Waals surface area contributed by atoms with Crippen LogP contribution in [0.25, 0.3) is 0 Å². The van der Waals surface area contributed by atoms with Crippen molar-refractivity contribution >= 4 is 46.4 Å². The first kappa shape index (κ1) is 30.2. The molecule has 0 saturated heterocycles. The van der Waals surface area contributed by atoms with Crippen molar-refractivity contribution in [3.63, 3.8) is 0 Å². The Labute approximate surface area is 257 Å². The summed E-state index contributed by atoms with van der Waals surface area (Å²) in [6, 6.07) is 33.3. The third-order valence-corrected chi connectivity index (χ3v) is 7.71. The number of anilines is 4. The van der Waals surface area contributed by atoms with Crippen molar-refractivity contribution in [1.82, 2.24) is 0 Å². The van der Waals surface area contributed by atoms with Crippen LogP contribution in [0.15, 0.2) is 109 Å². The molecule has 1 aliphatic rings. The summed E-state index contributed by atoms with van der Waals surface area (Å²) in [7, 11) is 0. The Kier molecular flexibility index (Phi) is 10.2. The zero-order valence-electron chi connectivity index (χ0n) is 24.4. The molecule has 0 atom stereocenters. The summed E-state index contributed by atoms with van der Waals surface area (Å²) in [5.41, 5.74) is 4.31. The molecule has 1 aliphatic carbocycles. The molecule has 0 radical (unpaired) electrons. The normalized spacial score (nSPS) is 15.9. The van der Waals surface area contributed by atoms with Gasteiger partial charge in [-0.3, -0.25) is 19.2 Å². The van der Waals surface area contributed by atoms with Gasteiger partial charge in [0.15, 0.2) is 0 Å². The van der Waals surface area contributed by atoms with Crippen molar-refractivity contribution in [2.75, 3.05) is 21.3 Å². The van der Waals surface area contributed by atoms with Crippen LogP contribution in [0.5, 0.6) is 0 Å². The lowest BCUT2D eigenvalue weighted by Gasteiger charge is -2.27. The molecule has 4 N–H and O–H groups in total. The molecule has 8 nitrogen and oxygen atoms in total. The van der Waals surface area contributed by atoms with Crippen molar-refractivity contribution in [3.05, 3.63) is 120 Å². The number of amides is 4. The monoisotopic (exact) mass is 588 g/mol. The Morgan fingerprint density at radius 1 is 0.455 bits per heavy atom. The van der Waals surface area contributed by atoms with Gasteiger partial charge >= 0.3 is 0 Å². The van der Waals surface area contributed by atoms with E-state index >= 15 is 0 Å². The van der Waals surface area contributed by atoms with Crippen molar-refractivity contribution < 1.29 is 19.2 Å². The number of nitrogens with one attached hydrogen (secondary N) is 4. The Morgan fingerprint density at radius 2 is 0.795 bits per heavy atom. The van der Waals surface area contributed by atoms with E-state index in [0.717, 1.165) is 11.1 Å². The fourth-order valence-corrected chi connectivity index (χ4v) is 5.43. The summed E-state index contributed by atoms with van der Waals surface area (Å²) in [5.74, 6) is -0.824. The molecule has 0 unspecified atom stereocenters. The molecule has 4 aromatic carbocycles. The fourth-order valence-electron chi connectivity index (χ4n) is 5.43. The first-order valence-electron chi connectivity index (χ1n) is 14.9. The third-order valence-electron chi connectivity index (χ3n) is 7.71. The number of carbonyl (C=O) groups is 4. The lowest BCUT2D eigenvalue weighted by atomic mass is 9.81. The van der Waals surface area contributed by atoms with E-state index in [1.54, 1.807) is 48.5 Å². The van der Waals surface area contributed by atoms with Gasteiger partial charge in [-0.15, -0.1) is 0 Å². The van der Waals surface area contributed by atoms with Gasteiger partial charge in [-0.1, -0.05) is 72.8 Å². The zero-order valence-corrected chi connectivity index (χ0v) is 24.4. The van der Waals surface area contributed by atoms with Gasteiger partial charge < -0.3 is 21.3 Å². The van der Waals surface area contributed by atoms with E-state index in [1.165, 1.54) is 0 Å². The average molecular weight is 589 g/mol. The summed E-state index contributed by atoms with van der Waals surface area (Å²) >= 11 is 0. The Morgan fingerprint density at radius 3 is 1.16 bits per heavy atom. The van der Waals surface area contributed by atoms with Gasteiger partial charge in [0.1, 0.15) is 0 Å². The van der Waals surface area contributed by atoms with Crippen LogP contribution in [-0.2, 0) is 32.0 Å². The number of benzene rings is 4. The Hall–Kier alpha value is -5.24. The van der Waals surface area contributed by atoms with E-state index in [0.29, 0.717) is 48.4 Å². The van der Waals surface area contributed by atoms with Gasteiger partial charge in [0.05, 0.1) is 12.8 Å². The van der Waals surface area contributed by atoms with Crippen LogP contribution in [0.3, 0.4) is 0 Å². The maximum atomic E-state index is 13.0. The number of hydrogen-bond acceptors (Lipinski definition) is 4. The summed E-state index contributed by atoms with van der Waals surface area (Å²) in [5, 5.41) is 11.7. The van der Waals surface area contributed by atoms with Crippen LogP contribution in [0.1, 0.15) is 36.8 Å². The highest BCUT2D eigenvalue weighted by Crippen LogP contribution is 2.31. The average Bonchev–Trinajstić information content (AvgIpc) is 3.02. The van der Waals surface area contributed by atoms with Gasteiger partial charge in [0.25, 0.3) is 0 Å². The van der Waals surface area contributed by atoms with Crippen LogP contribution in [0.2, 0.25) is 0 Å². The summed E-state index contributed by atoms with van der Waals surface area (Å²) in [4.78, 5) is 50.9. The second kappa shape index (κ2) is 14.8. The minimum Gasteiger partial charge on any atom is -0.326 e. The minimum absolute atomic E-state index is 0.0874. The second-order valence-electron chi connectivity index (χ2n) is 11.1. The number of carbonyl (C=O) groups excluding carboxylic acids is 4. The molecule has 0 aliphatic heterocycles. The van der Waals surface area contributed by atoms with Crippen LogP contribution in [0, 0.1) is 11.8 Å². The standard InChI is InChI=1S/C36H36N4O4/c41-33(21-25-9-3-1-4-10-25)37-29-13-7-15-31(23-29)39-35(43)27-17-19-28(20-18-27)36(44)40-32-16-8-14-30(24-32)38-34(42)22-26-11-5-2-6-12-26/h1-16,23-24,27-28H,17-22H2,(H,37,41)(H,38,42)(H,39,43)(H,40,44). The largest absolute Gasteiger partial charge is 0.326 e. The molecule has 5 rings (SSSR count). The molecule has 0 spiro atoms. The summed E-state index contributed by atoms with van der Waals surface area (Å²) in [6.07, 6.45) is 2.95. The predicted molar refractivity (Wildman–Crippen MR) is 173 cm³/mol. The first-order chi connectivity index (χ1) is 21.4. The highest BCUT2D eigenvalue weighted by atomic mass is 16.2.